The lowest BCUT2D eigenvalue weighted by atomic mass is 9.83. The van der Waals surface area contributed by atoms with E-state index in [0.29, 0.717) is 56.9 Å². The second-order valence-corrected chi connectivity index (χ2v) is 8.74. The number of carbonyl (C=O) groups is 1. The van der Waals surface area contributed by atoms with Crippen molar-refractivity contribution in [2.75, 3.05) is 26.2 Å². The number of halogens is 1. The number of hydrogen-bond donors (Lipinski definition) is 1. The predicted molar refractivity (Wildman–Crippen MR) is 108 cm³/mol. The lowest BCUT2D eigenvalue weighted by Crippen LogP contribution is -2.49. The van der Waals surface area contributed by atoms with Gasteiger partial charge in [0.2, 0.25) is 0 Å². The van der Waals surface area contributed by atoms with Gasteiger partial charge in [0, 0.05) is 62.6 Å². The first-order valence-corrected chi connectivity index (χ1v) is 10.5. The number of rotatable bonds is 3. The molecule has 8 heteroatoms. The highest BCUT2D eigenvalue weighted by molar-refractivity contribution is 5.93. The molecule has 2 aromatic rings. The predicted octanol–water partition coefficient (Wildman–Crippen LogP) is 1.85. The van der Waals surface area contributed by atoms with E-state index in [4.69, 9.17) is 5.26 Å². The summed E-state index contributed by atoms with van der Waals surface area (Å²) in [4.78, 5) is 32.7. The van der Waals surface area contributed by atoms with E-state index in [1.807, 2.05) is 32.6 Å². The molecule has 3 aliphatic heterocycles. The van der Waals surface area contributed by atoms with Gasteiger partial charge in [-0.15, -0.1) is 0 Å². The average molecular weight is 409 g/mol. The Bertz CT molecular complexity index is 1080. The van der Waals surface area contributed by atoms with E-state index < -0.39 is 6.17 Å². The first-order chi connectivity index (χ1) is 14.5. The second-order valence-electron chi connectivity index (χ2n) is 8.74. The van der Waals surface area contributed by atoms with E-state index in [1.54, 1.807) is 12.3 Å². The number of nitrogens with one attached hydrogen (secondary N) is 1. The van der Waals surface area contributed by atoms with Crippen LogP contribution in [0.4, 0.5) is 4.39 Å². The Kier molecular flexibility index (Phi) is 4.70. The van der Waals surface area contributed by atoms with E-state index in [0.717, 1.165) is 17.7 Å². The molecule has 2 aromatic heterocycles. The Morgan fingerprint density at radius 3 is 2.87 bits per heavy atom. The van der Waals surface area contributed by atoms with Crippen molar-refractivity contribution in [3.05, 3.63) is 57.3 Å². The molecule has 30 heavy (non-hydrogen) atoms. The third-order valence-corrected chi connectivity index (χ3v) is 6.62. The fraction of sp³-hybridized carbons (Fsp3) is 0.500. The first-order valence-electron chi connectivity index (χ1n) is 10.5. The first kappa shape index (κ1) is 19.1. The molecule has 3 aliphatic rings. The topological polar surface area (TPSA) is 85.1 Å². The number of aromatic amines is 1. The molecular formula is C22H24FN5O2. The molecule has 0 unspecified atom stereocenters. The molecule has 0 aromatic carbocycles. The van der Waals surface area contributed by atoms with Gasteiger partial charge < -0.3 is 14.5 Å². The minimum absolute atomic E-state index is 0.0207. The van der Waals surface area contributed by atoms with Crippen molar-refractivity contribution in [3.8, 4) is 6.07 Å². The molecule has 5 heterocycles. The normalized spacial score (nSPS) is 25.7. The zero-order chi connectivity index (χ0) is 20.8. The van der Waals surface area contributed by atoms with Crippen molar-refractivity contribution < 1.29 is 9.18 Å². The Hall–Kier alpha value is -2.92. The molecule has 2 bridgehead atoms. The highest BCUT2D eigenvalue weighted by Gasteiger charge is 2.37. The molecule has 1 N–H and O–H groups in total. The fourth-order valence-corrected chi connectivity index (χ4v) is 5.20. The van der Waals surface area contributed by atoms with Crippen molar-refractivity contribution in [3.63, 3.8) is 0 Å². The molecule has 0 saturated carbocycles. The number of hydrogen-bond acceptors (Lipinski definition) is 4. The van der Waals surface area contributed by atoms with E-state index in [-0.39, 0.29) is 23.3 Å². The van der Waals surface area contributed by atoms with Gasteiger partial charge in [0.05, 0.1) is 5.56 Å². The number of nitrogens with zero attached hydrogens (tertiary/aromatic N) is 4. The summed E-state index contributed by atoms with van der Waals surface area (Å²) in [5.74, 6) is 0.240. The van der Waals surface area contributed by atoms with E-state index in [9.17, 15) is 14.0 Å². The van der Waals surface area contributed by atoms with Crippen LogP contribution in [-0.4, -0.2) is 57.6 Å². The second kappa shape index (κ2) is 7.40. The van der Waals surface area contributed by atoms with Gasteiger partial charge in [0.15, 0.2) is 0 Å². The molecule has 156 valence electrons. The van der Waals surface area contributed by atoms with Crippen LogP contribution >= 0.6 is 0 Å². The molecule has 2 saturated heterocycles. The van der Waals surface area contributed by atoms with Gasteiger partial charge in [0.25, 0.3) is 11.5 Å². The molecule has 0 spiro atoms. The SMILES string of the molecule is N#Cc1c[nH]c(C(=O)N2C[C@@H]3C[C@H](C2)c2ccc(CN4CC[C@H](F)C4)c(=O)n2C3)c1. The molecule has 1 amide bonds. The minimum Gasteiger partial charge on any atom is -0.356 e. The van der Waals surface area contributed by atoms with Gasteiger partial charge in [-0.05, 0) is 30.9 Å². The highest BCUT2D eigenvalue weighted by atomic mass is 19.1. The van der Waals surface area contributed by atoms with E-state index in [1.165, 1.54) is 0 Å². The minimum atomic E-state index is -0.794. The van der Waals surface area contributed by atoms with Crippen molar-refractivity contribution in [2.45, 2.75) is 38.0 Å². The molecule has 7 nitrogen and oxygen atoms in total. The third kappa shape index (κ3) is 3.33. The smallest absolute Gasteiger partial charge is 0.270 e. The molecule has 0 radical (unpaired) electrons. The van der Waals surface area contributed by atoms with Crippen LogP contribution in [0, 0.1) is 17.2 Å². The summed E-state index contributed by atoms with van der Waals surface area (Å²) in [5.41, 5.74) is 2.59. The Labute approximate surface area is 173 Å². The maximum absolute atomic E-state index is 13.5. The van der Waals surface area contributed by atoms with Crippen LogP contribution in [0.3, 0.4) is 0 Å². The number of carbonyl (C=O) groups excluding carboxylic acids is 1. The van der Waals surface area contributed by atoms with Gasteiger partial charge in [-0.1, -0.05) is 6.07 Å². The number of H-pyrrole nitrogens is 1. The van der Waals surface area contributed by atoms with Gasteiger partial charge in [-0.2, -0.15) is 5.26 Å². The largest absolute Gasteiger partial charge is 0.356 e. The van der Waals surface area contributed by atoms with Gasteiger partial charge in [0.1, 0.15) is 17.9 Å². The summed E-state index contributed by atoms with van der Waals surface area (Å²) < 4.78 is 15.4. The number of fused-ring (bicyclic) bond motifs is 4. The van der Waals surface area contributed by atoms with Crippen LogP contribution in [-0.2, 0) is 13.1 Å². The highest BCUT2D eigenvalue weighted by Crippen LogP contribution is 2.35. The molecule has 5 rings (SSSR count). The summed E-state index contributed by atoms with van der Waals surface area (Å²) >= 11 is 0. The van der Waals surface area contributed by atoms with Crippen molar-refractivity contribution in [1.29, 1.82) is 5.26 Å². The maximum atomic E-state index is 13.5. The van der Waals surface area contributed by atoms with Crippen LogP contribution in [0.25, 0.3) is 0 Å². The van der Waals surface area contributed by atoms with Gasteiger partial charge >= 0.3 is 0 Å². The van der Waals surface area contributed by atoms with Crippen LogP contribution in [0.15, 0.2) is 29.2 Å². The Morgan fingerprint density at radius 1 is 1.27 bits per heavy atom. The number of piperidine rings is 1. The fourth-order valence-electron chi connectivity index (χ4n) is 5.20. The third-order valence-electron chi connectivity index (χ3n) is 6.62. The molecule has 3 atom stereocenters. The quantitative estimate of drug-likeness (QED) is 0.839. The van der Waals surface area contributed by atoms with Gasteiger partial charge in [-0.25, -0.2) is 4.39 Å². The van der Waals surface area contributed by atoms with Crippen LogP contribution in [0.2, 0.25) is 0 Å². The zero-order valence-corrected chi connectivity index (χ0v) is 16.7. The van der Waals surface area contributed by atoms with Crippen molar-refractivity contribution in [2.24, 2.45) is 5.92 Å². The van der Waals surface area contributed by atoms with Crippen molar-refractivity contribution >= 4 is 5.91 Å². The summed E-state index contributed by atoms with van der Waals surface area (Å²) in [6.45, 7) is 3.34. The standard InChI is InChI=1S/C22H24FN5O2/c23-18-3-4-26(13-18)11-16-1-2-20-17-5-15(10-28(20)21(16)29)9-27(12-17)22(30)19-6-14(7-24)8-25-19/h1-2,6,8,15,17-18,25H,3-5,9-13H2/t15-,17+,18-/m0/s1. The van der Waals surface area contributed by atoms with Crippen LogP contribution < -0.4 is 5.56 Å². The number of alkyl halides is 1. The zero-order valence-electron chi connectivity index (χ0n) is 16.7. The van der Waals surface area contributed by atoms with E-state index in [2.05, 4.69) is 4.98 Å². The average Bonchev–Trinajstić information content (AvgIpc) is 3.38. The molecular weight excluding hydrogens is 385 g/mol. The number of likely N-dealkylation sites (tertiary alicyclic amines) is 2. The summed E-state index contributed by atoms with van der Waals surface area (Å²) in [6.07, 6.45) is 2.25. The number of nitriles is 1. The summed E-state index contributed by atoms with van der Waals surface area (Å²) in [5, 5.41) is 8.99. The van der Waals surface area contributed by atoms with Gasteiger partial charge in [-0.3, -0.25) is 14.5 Å². The number of aromatic nitrogens is 2. The lowest BCUT2D eigenvalue weighted by Gasteiger charge is -2.42. The molecule has 2 fully saturated rings. The van der Waals surface area contributed by atoms with E-state index >= 15 is 0 Å². The Balaban J connectivity index is 1.36. The van der Waals surface area contributed by atoms with Crippen molar-refractivity contribution in [1.82, 2.24) is 19.4 Å². The molecule has 0 aliphatic carbocycles. The monoisotopic (exact) mass is 409 g/mol. The number of amides is 1. The summed E-state index contributed by atoms with van der Waals surface area (Å²) in [7, 11) is 0. The van der Waals surface area contributed by atoms with Crippen LogP contribution in [0.1, 0.15) is 46.1 Å². The summed E-state index contributed by atoms with van der Waals surface area (Å²) in [6, 6.07) is 7.51. The lowest BCUT2D eigenvalue weighted by molar-refractivity contribution is 0.0589. The van der Waals surface area contributed by atoms with Crippen LogP contribution in [0.5, 0.6) is 0 Å². The maximum Gasteiger partial charge on any atom is 0.270 e. The Morgan fingerprint density at radius 2 is 2.13 bits per heavy atom. The number of pyridine rings is 1.